The van der Waals surface area contributed by atoms with Gasteiger partial charge in [-0.05, 0) is 103 Å². The predicted molar refractivity (Wildman–Crippen MR) is 276 cm³/mol. The number of carbonyl (C=O) groups is 8. The van der Waals surface area contributed by atoms with Crippen LogP contribution in [0.15, 0.2) is 83.5 Å². The van der Waals surface area contributed by atoms with E-state index in [1.54, 1.807) is 97.0 Å². The molecule has 11 atom stereocenters. The Bertz CT molecular complexity index is 2720. The number of nitrogens with one attached hydrogen (secondary N) is 1. The van der Waals surface area contributed by atoms with E-state index in [0.717, 1.165) is 6.08 Å². The number of hydrogen-bond donors (Lipinski definition) is 2. The Kier molecular flexibility index (Phi) is 15.9. The lowest BCUT2D eigenvalue weighted by Crippen LogP contribution is -2.82. The van der Waals surface area contributed by atoms with Gasteiger partial charge in [0.05, 0.1) is 47.6 Å². The van der Waals surface area contributed by atoms with Crippen LogP contribution in [-0.4, -0.2) is 129 Å². The summed E-state index contributed by atoms with van der Waals surface area (Å²) in [5, 5.41) is 17.2. The third-order valence-corrected chi connectivity index (χ3v) is 16.8. The van der Waals surface area contributed by atoms with Crippen molar-refractivity contribution in [1.82, 2.24) is 5.32 Å². The van der Waals surface area contributed by atoms with Crippen LogP contribution in [0.3, 0.4) is 0 Å². The van der Waals surface area contributed by atoms with Crippen molar-refractivity contribution in [1.29, 1.82) is 0 Å². The van der Waals surface area contributed by atoms with Gasteiger partial charge in [0.15, 0.2) is 40.2 Å². The van der Waals surface area contributed by atoms with Crippen molar-refractivity contribution in [2.45, 2.75) is 173 Å². The standard InChI is InChI=1S/C55H71NO18Si2/c1-30-35(67-49(63)43(74-76(12,13)14)41(32-21-17-15-18-22-32)56-50(64)72-51(3,4)5)28-55(65)46(70-47(61)33-23-19-16-20-24-33)44-53(8,36(73-75(9,10)11)27-37-54(44,29-66-37)71-31(2)57)45(60)42(40(30)52(55,6)7)68-38(58)25-34-26-39(59)69-48(34)62/h15-24,26,35-37,41-44,46,65H,25,27-29H2,1-14H3,(H,56,64)/t35?,36-,37+,41-,42+,43+,44?,46-,53+,54-,55+/m0/s1. The van der Waals surface area contributed by atoms with Crippen molar-refractivity contribution >= 4 is 64.3 Å². The first kappa shape index (κ1) is 57.8. The van der Waals surface area contributed by atoms with Gasteiger partial charge >= 0.3 is 41.9 Å². The number of ether oxygens (including phenoxy) is 7. The second-order valence-electron chi connectivity index (χ2n) is 24.0. The summed E-state index contributed by atoms with van der Waals surface area (Å²) in [6.07, 6.45) is -10.5. The third kappa shape index (κ3) is 11.4. The summed E-state index contributed by atoms with van der Waals surface area (Å²) in [4.78, 5) is 113. The van der Waals surface area contributed by atoms with Crippen molar-refractivity contribution in [3.8, 4) is 0 Å². The molecule has 1 amide bonds. The normalized spacial score (nSPS) is 29.8. The van der Waals surface area contributed by atoms with Crippen molar-refractivity contribution in [3.05, 3.63) is 94.6 Å². The van der Waals surface area contributed by atoms with Crippen LogP contribution in [0.4, 0.5) is 4.79 Å². The molecule has 7 rings (SSSR count). The fourth-order valence-corrected chi connectivity index (χ4v) is 13.7. The molecule has 19 nitrogen and oxygen atoms in total. The average Bonchev–Trinajstić information content (AvgIpc) is 3.61. The van der Waals surface area contributed by atoms with Gasteiger partial charge in [0.2, 0.25) is 0 Å². The topological polar surface area (TPSA) is 252 Å². The number of carbonyl (C=O) groups excluding carboxylic acids is 8. The molecule has 3 fully saturated rings. The number of cyclic esters (lactones) is 2. The number of Topliss-reactive ketones (excluding diaryl/α,β-unsaturated/α-hetero) is 1. The molecule has 21 heteroatoms. The highest BCUT2D eigenvalue weighted by Gasteiger charge is 2.79. The predicted octanol–water partition coefficient (Wildman–Crippen LogP) is 6.93. The molecule has 2 saturated carbocycles. The Hall–Kier alpha value is -5.85. The van der Waals surface area contributed by atoms with Crippen molar-refractivity contribution in [3.63, 3.8) is 0 Å². The van der Waals surface area contributed by atoms with Crippen molar-refractivity contribution in [2.24, 2.45) is 16.7 Å². The van der Waals surface area contributed by atoms with Gasteiger partial charge in [0.1, 0.15) is 29.5 Å². The number of amides is 1. The molecule has 2 aromatic carbocycles. The number of aliphatic hydroxyl groups is 1. The Labute approximate surface area is 444 Å². The molecule has 2 unspecified atom stereocenters. The minimum Gasteiger partial charge on any atom is -0.456 e. The molecule has 2 aliphatic heterocycles. The van der Waals surface area contributed by atoms with Crippen LogP contribution in [0.2, 0.25) is 39.3 Å². The number of esters is 6. The van der Waals surface area contributed by atoms with E-state index < -0.39 is 153 Å². The zero-order chi connectivity index (χ0) is 56.3. The number of ketones is 1. The summed E-state index contributed by atoms with van der Waals surface area (Å²) in [5.74, 6) is -8.33. The summed E-state index contributed by atoms with van der Waals surface area (Å²) in [5.41, 5.74) is -8.71. The summed E-state index contributed by atoms with van der Waals surface area (Å²) >= 11 is 0. The molecule has 412 valence electrons. The molecule has 2 N–H and O–H groups in total. The van der Waals surface area contributed by atoms with Gasteiger partial charge in [-0.2, -0.15) is 0 Å². The number of hydrogen-bond acceptors (Lipinski definition) is 18. The van der Waals surface area contributed by atoms with Gasteiger partial charge < -0.3 is 52.4 Å². The molecule has 0 radical (unpaired) electrons. The first-order valence-electron chi connectivity index (χ1n) is 25.4. The molecule has 2 bridgehead atoms. The van der Waals surface area contributed by atoms with Gasteiger partial charge in [0.25, 0.3) is 0 Å². The van der Waals surface area contributed by atoms with Gasteiger partial charge in [-0.25, -0.2) is 24.0 Å². The van der Waals surface area contributed by atoms with Gasteiger partial charge in [0, 0.05) is 31.3 Å². The lowest BCUT2D eigenvalue weighted by atomic mass is 9.44. The Morgan fingerprint density at radius 1 is 0.868 bits per heavy atom. The molecular weight excluding hydrogens is 1020 g/mol. The van der Waals surface area contributed by atoms with Crippen LogP contribution < -0.4 is 5.32 Å². The van der Waals surface area contributed by atoms with E-state index in [9.17, 15) is 33.9 Å². The smallest absolute Gasteiger partial charge is 0.408 e. The largest absolute Gasteiger partial charge is 0.456 e. The molecule has 3 aliphatic carbocycles. The minimum atomic E-state index is -2.78. The molecule has 5 aliphatic rings. The summed E-state index contributed by atoms with van der Waals surface area (Å²) in [6.45, 7) is 23.4. The van der Waals surface area contributed by atoms with Gasteiger partial charge in [-0.15, -0.1) is 0 Å². The first-order chi connectivity index (χ1) is 35.1. The van der Waals surface area contributed by atoms with Crippen LogP contribution in [-0.2, 0) is 70.8 Å². The van der Waals surface area contributed by atoms with E-state index in [0.29, 0.717) is 5.56 Å². The molecule has 2 heterocycles. The fourth-order valence-electron chi connectivity index (χ4n) is 11.5. The Morgan fingerprint density at radius 3 is 2.01 bits per heavy atom. The molecule has 0 spiro atoms. The number of fused-ring (bicyclic) bond motifs is 5. The highest BCUT2D eigenvalue weighted by Crippen LogP contribution is 2.65. The van der Waals surface area contributed by atoms with Gasteiger partial charge in [-0.3, -0.25) is 14.4 Å². The average molecular weight is 1090 g/mol. The lowest BCUT2D eigenvalue weighted by molar-refractivity contribution is -0.344. The fraction of sp³-hybridized carbons (Fsp3) is 0.564. The maximum atomic E-state index is 16.6. The number of rotatable bonds is 15. The summed E-state index contributed by atoms with van der Waals surface area (Å²) in [7, 11) is -5.49. The zero-order valence-electron chi connectivity index (χ0n) is 45.7. The zero-order valence-corrected chi connectivity index (χ0v) is 47.7. The quantitative estimate of drug-likeness (QED) is 0.0603. The number of alkyl carbamates (subject to hydrolysis) is 1. The molecule has 2 aromatic rings. The molecular formula is C55H71NO18Si2. The van der Waals surface area contributed by atoms with Crippen LogP contribution in [0, 0.1) is 16.7 Å². The van der Waals surface area contributed by atoms with E-state index in [-0.39, 0.29) is 35.3 Å². The van der Waals surface area contributed by atoms with E-state index >= 15 is 9.59 Å². The highest BCUT2D eigenvalue weighted by molar-refractivity contribution is 6.70. The van der Waals surface area contributed by atoms with E-state index in [2.05, 4.69) is 10.1 Å². The van der Waals surface area contributed by atoms with Crippen LogP contribution in [0.25, 0.3) is 0 Å². The molecule has 76 heavy (non-hydrogen) atoms. The monoisotopic (exact) mass is 1090 g/mol. The number of benzene rings is 2. The second-order valence-corrected chi connectivity index (χ2v) is 32.9. The van der Waals surface area contributed by atoms with E-state index in [1.165, 1.54) is 19.1 Å². The SMILES string of the molecule is CC(=O)O[C@@]12CO[C@@H]1C[C@H](O[Si](C)(C)C)[C@@]1(C)C(=O)[C@H](OC(=O)CC3=CC(=O)OC3=O)C3=C(C)C(OC(=O)[C@H](O[Si](C)(C)C)[C@@H](NC(=O)OC(C)(C)C)c4ccccc4)C[C@@](O)([C@@H](OC(=O)c4ccccc4)C12)C3(C)C. The van der Waals surface area contributed by atoms with E-state index in [4.69, 9.17) is 37.3 Å². The second kappa shape index (κ2) is 20.8. The lowest BCUT2D eigenvalue weighted by Gasteiger charge is -2.68. The molecule has 1 saturated heterocycles. The van der Waals surface area contributed by atoms with Crippen molar-refractivity contribution < 1.29 is 85.5 Å². The Morgan fingerprint density at radius 2 is 1.49 bits per heavy atom. The van der Waals surface area contributed by atoms with Crippen LogP contribution >= 0.6 is 0 Å². The minimum absolute atomic E-state index is 0.0321. The maximum Gasteiger partial charge on any atom is 0.408 e. The third-order valence-electron chi connectivity index (χ3n) is 14.8. The highest BCUT2D eigenvalue weighted by atomic mass is 28.4. The van der Waals surface area contributed by atoms with Gasteiger partial charge in [-0.1, -0.05) is 62.4 Å². The van der Waals surface area contributed by atoms with E-state index in [1.807, 2.05) is 39.3 Å². The Balaban J connectivity index is 1.49. The molecule has 0 aromatic heterocycles. The van der Waals surface area contributed by atoms with Crippen molar-refractivity contribution in [2.75, 3.05) is 6.61 Å². The summed E-state index contributed by atoms with van der Waals surface area (Å²) < 4.78 is 56.0. The summed E-state index contributed by atoms with van der Waals surface area (Å²) in [6, 6.07) is 15.3. The van der Waals surface area contributed by atoms with Crippen LogP contribution in [0.5, 0.6) is 0 Å². The van der Waals surface area contributed by atoms with Crippen LogP contribution in [0.1, 0.15) is 96.6 Å². The maximum absolute atomic E-state index is 16.6. The first-order valence-corrected chi connectivity index (χ1v) is 32.3.